The van der Waals surface area contributed by atoms with Gasteiger partial charge < -0.3 is 15.6 Å². The molecule has 3 nitrogen and oxygen atoms in total. The molecular weight excluding hydrogens is 214 g/mol. The summed E-state index contributed by atoms with van der Waals surface area (Å²) in [5.41, 5.74) is 5.51. The third kappa shape index (κ3) is 9.57. The van der Waals surface area contributed by atoms with E-state index in [-0.39, 0.29) is 6.54 Å². The zero-order chi connectivity index (χ0) is 13.0. The van der Waals surface area contributed by atoms with Crippen LogP contribution >= 0.6 is 0 Å². The molecule has 0 aromatic carbocycles. The van der Waals surface area contributed by atoms with Gasteiger partial charge in [-0.1, -0.05) is 51.9 Å². The van der Waals surface area contributed by atoms with Crippen LogP contribution in [-0.2, 0) is 4.74 Å². The van der Waals surface area contributed by atoms with Crippen LogP contribution in [0.25, 0.3) is 0 Å². The number of rotatable bonds is 12. The summed E-state index contributed by atoms with van der Waals surface area (Å²) in [4.78, 5) is 0. The zero-order valence-corrected chi connectivity index (χ0v) is 11.7. The van der Waals surface area contributed by atoms with Crippen LogP contribution < -0.4 is 5.73 Å². The number of hydrogen-bond acceptors (Lipinski definition) is 3. The van der Waals surface area contributed by atoms with Crippen molar-refractivity contribution in [1.82, 2.24) is 0 Å². The monoisotopic (exact) mass is 245 g/mol. The van der Waals surface area contributed by atoms with Gasteiger partial charge in [0.1, 0.15) is 0 Å². The maximum absolute atomic E-state index is 9.95. The number of unbranched alkanes of at least 4 members (excludes halogenated alkanes) is 7. The van der Waals surface area contributed by atoms with Gasteiger partial charge in [0.15, 0.2) is 5.79 Å². The maximum atomic E-state index is 9.95. The van der Waals surface area contributed by atoms with Crippen molar-refractivity contribution in [2.24, 2.45) is 5.73 Å². The average molecular weight is 245 g/mol. The predicted octanol–water partition coefficient (Wildman–Crippen LogP) is 3.20. The van der Waals surface area contributed by atoms with Crippen LogP contribution in [0.1, 0.15) is 71.6 Å². The molecule has 0 aromatic rings. The van der Waals surface area contributed by atoms with Crippen molar-refractivity contribution >= 4 is 0 Å². The van der Waals surface area contributed by atoms with Crippen LogP contribution in [0.15, 0.2) is 0 Å². The molecule has 1 unspecified atom stereocenters. The summed E-state index contributed by atoms with van der Waals surface area (Å²) >= 11 is 0. The molecule has 0 fully saturated rings. The van der Waals surface area contributed by atoms with Gasteiger partial charge >= 0.3 is 0 Å². The minimum absolute atomic E-state index is 0.192. The molecular formula is C14H31NO2. The number of ether oxygens (including phenoxy) is 1. The highest BCUT2D eigenvalue weighted by Gasteiger charge is 2.24. The summed E-state index contributed by atoms with van der Waals surface area (Å²) in [5, 5.41) is 9.95. The highest BCUT2D eigenvalue weighted by atomic mass is 16.6. The van der Waals surface area contributed by atoms with Crippen LogP contribution in [0.4, 0.5) is 0 Å². The van der Waals surface area contributed by atoms with Gasteiger partial charge in [-0.15, -0.1) is 0 Å². The molecule has 1 atom stereocenters. The Morgan fingerprint density at radius 2 is 1.47 bits per heavy atom. The summed E-state index contributed by atoms with van der Waals surface area (Å²) < 4.78 is 5.27. The molecule has 0 amide bonds. The van der Waals surface area contributed by atoms with E-state index >= 15 is 0 Å². The molecule has 0 aromatic heterocycles. The van der Waals surface area contributed by atoms with Crippen LogP contribution in [0.2, 0.25) is 0 Å². The lowest BCUT2D eigenvalue weighted by atomic mass is 10.0. The fourth-order valence-corrected chi connectivity index (χ4v) is 2.04. The number of aliphatic hydroxyl groups is 1. The Morgan fingerprint density at radius 1 is 0.941 bits per heavy atom. The van der Waals surface area contributed by atoms with E-state index in [2.05, 4.69) is 6.92 Å². The van der Waals surface area contributed by atoms with Gasteiger partial charge in [-0.3, -0.25) is 0 Å². The van der Waals surface area contributed by atoms with E-state index in [1.54, 1.807) is 0 Å². The molecule has 0 spiro atoms. The van der Waals surface area contributed by atoms with Crippen molar-refractivity contribution in [3.8, 4) is 0 Å². The summed E-state index contributed by atoms with van der Waals surface area (Å²) in [6.07, 6.45) is 10.8. The molecule has 0 aliphatic heterocycles. The van der Waals surface area contributed by atoms with Crippen molar-refractivity contribution in [2.45, 2.75) is 77.4 Å². The van der Waals surface area contributed by atoms with E-state index in [9.17, 15) is 5.11 Å². The third-order valence-corrected chi connectivity index (χ3v) is 3.15. The maximum Gasteiger partial charge on any atom is 0.177 e. The second kappa shape index (κ2) is 11.0. The third-order valence-electron chi connectivity index (χ3n) is 3.15. The van der Waals surface area contributed by atoms with Crippen LogP contribution in [0.3, 0.4) is 0 Å². The standard InChI is InChI=1S/C14H31NO2/c1-3-5-6-7-8-9-10-11-12-14(16,13-15)17-4-2/h16H,3-13,15H2,1-2H3. The predicted molar refractivity (Wildman–Crippen MR) is 72.9 cm³/mol. The van der Waals surface area contributed by atoms with Crippen molar-refractivity contribution in [3.05, 3.63) is 0 Å². The Labute approximate surface area is 107 Å². The molecule has 17 heavy (non-hydrogen) atoms. The van der Waals surface area contributed by atoms with E-state index in [1.807, 2.05) is 6.92 Å². The minimum atomic E-state index is -1.09. The SMILES string of the molecule is CCCCCCCCCCC(O)(CN)OCC. The molecule has 0 rings (SSSR count). The van der Waals surface area contributed by atoms with Gasteiger partial charge in [0.2, 0.25) is 0 Å². The Morgan fingerprint density at radius 3 is 1.94 bits per heavy atom. The van der Waals surface area contributed by atoms with Crippen molar-refractivity contribution in [3.63, 3.8) is 0 Å². The summed E-state index contributed by atoms with van der Waals surface area (Å²) in [6.45, 7) is 4.83. The molecule has 104 valence electrons. The average Bonchev–Trinajstić information content (AvgIpc) is 2.33. The molecule has 0 heterocycles. The van der Waals surface area contributed by atoms with E-state index in [0.717, 1.165) is 6.42 Å². The molecule has 0 radical (unpaired) electrons. The van der Waals surface area contributed by atoms with Gasteiger partial charge in [-0.2, -0.15) is 0 Å². The lowest BCUT2D eigenvalue weighted by Gasteiger charge is -2.26. The number of hydrogen-bond donors (Lipinski definition) is 2. The van der Waals surface area contributed by atoms with E-state index < -0.39 is 5.79 Å². The first-order valence-corrected chi connectivity index (χ1v) is 7.25. The van der Waals surface area contributed by atoms with Gasteiger partial charge in [0.05, 0.1) is 0 Å². The molecule has 0 aliphatic rings. The summed E-state index contributed by atoms with van der Waals surface area (Å²) in [7, 11) is 0. The lowest BCUT2D eigenvalue weighted by molar-refractivity contribution is -0.197. The molecule has 0 aliphatic carbocycles. The Hall–Kier alpha value is -0.120. The second-order valence-corrected chi connectivity index (χ2v) is 4.81. The molecule has 3 N–H and O–H groups in total. The van der Waals surface area contributed by atoms with E-state index in [1.165, 1.54) is 44.9 Å². The van der Waals surface area contributed by atoms with Crippen molar-refractivity contribution in [1.29, 1.82) is 0 Å². The summed E-state index contributed by atoms with van der Waals surface area (Å²) in [6, 6.07) is 0. The van der Waals surface area contributed by atoms with Gasteiger partial charge in [0, 0.05) is 19.6 Å². The second-order valence-electron chi connectivity index (χ2n) is 4.81. The molecule has 3 heteroatoms. The highest BCUT2D eigenvalue weighted by molar-refractivity contribution is 4.68. The highest BCUT2D eigenvalue weighted by Crippen LogP contribution is 2.17. The van der Waals surface area contributed by atoms with Crippen molar-refractivity contribution in [2.75, 3.05) is 13.2 Å². The number of nitrogens with two attached hydrogens (primary N) is 1. The Bertz CT molecular complexity index is 164. The largest absolute Gasteiger partial charge is 0.364 e. The first-order chi connectivity index (χ1) is 8.18. The van der Waals surface area contributed by atoms with E-state index in [0.29, 0.717) is 13.0 Å². The Kier molecular flexibility index (Phi) is 10.9. The molecule has 0 saturated heterocycles. The fourth-order valence-electron chi connectivity index (χ4n) is 2.04. The van der Waals surface area contributed by atoms with E-state index in [4.69, 9.17) is 10.5 Å². The van der Waals surface area contributed by atoms with Gasteiger partial charge in [0.25, 0.3) is 0 Å². The zero-order valence-electron chi connectivity index (χ0n) is 11.7. The van der Waals surface area contributed by atoms with Crippen LogP contribution in [-0.4, -0.2) is 24.0 Å². The van der Waals surface area contributed by atoms with Crippen LogP contribution in [0.5, 0.6) is 0 Å². The van der Waals surface area contributed by atoms with Crippen LogP contribution in [0, 0.1) is 0 Å². The molecule has 0 saturated carbocycles. The molecule has 0 bridgehead atoms. The first-order valence-electron chi connectivity index (χ1n) is 7.25. The van der Waals surface area contributed by atoms with Crippen molar-refractivity contribution < 1.29 is 9.84 Å². The quantitative estimate of drug-likeness (QED) is 0.410. The topological polar surface area (TPSA) is 55.5 Å². The first kappa shape index (κ1) is 16.9. The minimum Gasteiger partial charge on any atom is -0.364 e. The lowest BCUT2D eigenvalue weighted by Crippen LogP contribution is -2.40. The summed E-state index contributed by atoms with van der Waals surface area (Å²) in [5.74, 6) is -1.09. The van der Waals surface area contributed by atoms with Gasteiger partial charge in [-0.25, -0.2) is 0 Å². The fraction of sp³-hybridized carbons (Fsp3) is 1.00. The van der Waals surface area contributed by atoms with Gasteiger partial charge in [-0.05, 0) is 13.3 Å². The Balaban J connectivity index is 3.37. The normalized spacial score (nSPS) is 14.8. The smallest absolute Gasteiger partial charge is 0.177 e.